The Kier molecular flexibility index (Phi) is 5.21. The van der Waals surface area contributed by atoms with Crippen LogP contribution in [0, 0.1) is 0 Å². The Morgan fingerprint density at radius 2 is 2.05 bits per heavy atom. The van der Waals surface area contributed by atoms with Crippen LogP contribution in [-0.4, -0.2) is 20.9 Å². The van der Waals surface area contributed by atoms with E-state index in [4.69, 9.17) is 0 Å². The van der Waals surface area contributed by atoms with Crippen molar-refractivity contribution in [1.29, 1.82) is 0 Å². The van der Waals surface area contributed by atoms with Gasteiger partial charge >= 0.3 is 0 Å². The minimum atomic E-state index is -0.195. The summed E-state index contributed by atoms with van der Waals surface area (Å²) >= 11 is 1.70. The van der Waals surface area contributed by atoms with Crippen LogP contribution in [0.5, 0.6) is 0 Å². The molecule has 0 bridgehead atoms. The van der Waals surface area contributed by atoms with Gasteiger partial charge in [0.05, 0.1) is 6.04 Å². The van der Waals surface area contributed by atoms with Crippen LogP contribution in [0.2, 0.25) is 0 Å². The first-order valence-corrected chi connectivity index (χ1v) is 7.82. The van der Waals surface area contributed by atoms with Crippen LogP contribution in [0.1, 0.15) is 43.9 Å². The fourth-order valence-electron chi connectivity index (χ4n) is 1.88. The quantitative estimate of drug-likeness (QED) is 0.857. The van der Waals surface area contributed by atoms with E-state index in [1.165, 1.54) is 11.8 Å². The molecule has 1 amide bonds. The molecule has 1 unspecified atom stereocenters. The molecule has 0 fully saturated rings. The van der Waals surface area contributed by atoms with Crippen molar-refractivity contribution in [2.75, 3.05) is 10.6 Å². The molecule has 0 saturated carbocycles. The van der Waals surface area contributed by atoms with Crippen molar-refractivity contribution in [3.8, 4) is 0 Å². The van der Waals surface area contributed by atoms with Crippen LogP contribution >= 0.6 is 11.3 Å². The number of hydrogen-bond donors (Lipinski definition) is 2. The summed E-state index contributed by atoms with van der Waals surface area (Å²) in [6.07, 6.45) is 1.60. The third-order valence-electron chi connectivity index (χ3n) is 2.88. The molecule has 0 saturated heterocycles. The minimum absolute atomic E-state index is 0.155. The molecule has 2 rings (SSSR count). The second kappa shape index (κ2) is 7.12. The van der Waals surface area contributed by atoms with Gasteiger partial charge in [-0.25, -0.2) is 0 Å². The van der Waals surface area contributed by atoms with E-state index in [0.717, 1.165) is 6.42 Å². The normalized spacial score (nSPS) is 12.0. The van der Waals surface area contributed by atoms with E-state index in [0.29, 0.717) is 18.2 Å². The highest BCUT2D eigenvalue weighted by Crippen LogP contribution is 2.25. The van der Waals surface area contributed by atoms with Gasteiger partial charge in [0.1, 0.15) is 5.82 Å². The molecule has 21 heavy (non-hydrogen) atoms. The number of aromatic nitrogens is 3. The number of carbonyl (C=O) groups is 1. The number of rotatable bonds is 6. The third-order valence-corrected chi connectivity index (χ3v) is 3.87. The Bertz CT molecular complexity index is 599. The first-order chi connectivity index (χ1) is 10.1. The minimum Gasteiger partial charge on any atom is -0.346 e. The van der Waals surface area contributed by atoms with Gasteiger partial charge in [-0.15, -0.1) is 11.3 Å². The van der Waals surface area contributed by atoms with Crippen LogP contribution < -0.4 is 10.6 Å². The maximum Gasteiger partial charge on any atom is 0.234 e. The Labute approximate surface area is 128 Å². The molecule has 0 radical (unpaired) electrons. The molecular weight excluding hydrogens is 286 g/mol. The SMILES string of the molecule is CCc1nc(NC(C)=O)nc(NC(CC)c2cccs2)n1. The van der Waals surface area contributed by atoms with Crippen molar-refractivity contribution in [3.63, 3.8) is 0 Å². The second-order valence-corrected chi connectivity index (χ2v) is 5.53. The van der Waals surface area contributed by atoms with Gasteiger partial charge in [0.2, 0.25) is 17.8 Å². The first-order valence-electron chi connectivity index (χ1n) is 6.94. The van der Waals surface area contributed by atoms with E-state index in [1.54, 1.807) is 11.3 Å². The van der Waals surface area contributed by atoms with Crippen molar-refractivity contribution in [2.24, 2.45) is 0 Å². The molecule has 1 atom stereocenters. The summed E-state index contributed by atoms with van der Waals surface area (Å²) < 4.78 is 0. The van der Waals surface area contributed by atoms with Crippen molar-refractivity contribution in [2.45, 2.75) is 39.7 Å². The molecule has 2 heterocycles. The highest BCUT2D eigenvalue weighted by atomic mass is 32.1. The zero-order chi connectivity index (χ0) is 15.2. The summed E-state index contributed by atoms with van der Waals surface area (Å²) in [4.78, 5) is 25.2. The van der Waals surface area contributed by atoms with Crippen molar-refractivity contribution in [3.05, 3.63) is 28.2 Å². The predicted molar refractivity (Wildman–Crippen MR) is 84.5 cm³/mol. The number of carbonyl (C=O) groups excluding carboxylic acids is 1. The summed E-state index contributed by atoms with van der Waals surface area (Å²) in [5.74, 6) is 1.24. The maximum absolute atomic E-state index is 11.2. The van der Waals surface area contributed by atoms with Gasteiger partial charge in [-0.2, -0.15) is 15.0 Å². The number of thiophene rings is 1. The fourth-order valence-corrected chi connectivity index (χ4v) is 2.74. The van der Waals surface area contributed by atoms with Gasteiger partial charge in [-0.3, -0.25) is 10.1 Å². The van der Waals surface area contributed by atoms with E-state index in [-0.39, 0.29) is 17.9 Å². The molecule has 0 aliphatic heterocycles. The number of nitrogens with zero attached hydrogens (tertiary/aromatic N) is 3. The van der Waals surface area contributed by atoms with Gasteiger partial charge < -0.3 is 5.32 Å². The van der Waals surface area contributed by atoms with Crippen LogP contribution in [0.4, 0.5) is 11.9 Å². The smallest absolute Gasteiger partial charge is 0.234 e. The Balaban J connectivity index is 2.23. The number of nitrogens with one attached hydrogen (secondary N) is 2. The summed E-state index contributed by atoms with van der Waals surface area (Å²) in [7, 11) is 0. The van der Waals surface area contributed by atoms with E-state index >= 15 is 0 Å². The lowest BCUT2D eigenvalue weighted by Gasteiger charge is -2.16. The lowest BCUT2D eigenvalue weighted by atomic mass is 10.2. The first kappa shape index (κ1) is 15.4. The van der Waals surface area contributed by atoms with Gasteiger partial charge in [0.25, 0.3) is 0 Å². The second-order valence-electron chi connectivity index (χ2n) is 4.55. The lowest BCUT2D eigenvalue weighted by Crippen LogP contribution is -2.16. The summed E-state index contributed by atoms with van der Waals surface area (Å²) in [5, 5.41) is 7.97. The molecular formula is C14H19N5OS. The van der Waals surface area contributed by atoms with E-state index in [9.17, 15) is 4.79 Å². The Morgan fingerprint density at radius 1 is 1.29 bits per heavy atom. The summed E-state index contributed by atoms with van der Waals surface area (Å²) in [5.41, 5.74) is 0. The topological polar surface area (TPSA) is 79.8 Å². The van der Waals surface area contributed by atoms with Gasteiger partial charge in [0, 0.05) is 18.2 Å². The Hall–Kier alpha value is -2.02. The number of aryl methyl sites for hydroxylation is 1. The van der Waals surface area contributed by atoms with Crippen LogP contribution in [0.3, 0.4) is 0 Å². The van der Waals surface area contributed by atoms with E-state index < -0.39 is 0 Å². The lowest BCUT2D eigenvalue weighted by molar-refractivity contribution is -0.114. The van der Waals surface area contributed by atoms with Crippen LogP contribution in [-0.2, 0) is 11.2 Å². The molecule has 0 aliphatic rings. The van der Waals surface area contributed by atoms with E-state index in [1.807, 2.05) is 18.4 Å². The highest BCUT2D eigenvalue weighted by Gasteiger charge is 2.13. The highest BCUT2D eigenvalue weighted by molar-refractivity contribution is 7.10. The van der Waals surface area contributed by atoms with Crippen LogP contribution in [0.15, 0.2) is 17.5 Å². The summed E-state index contributed by atoms with van der Waals surface area (Å²) in [6, 6.07) is 4.27. The molecule has 2 N–H and O–H groups in total. The van der Waals surface area contributed by atoms with Crippen molar-refractivity contribution in [1.82, 2.24) is 15.0 Å². The van der Waals surface area contributed by atoms with E-state index in [2.05, 4.69) is 38.6 Å². The average molecular weight is 305 g/mol. The molecule has 2 aromatic heterocycles. The number of hydrogen-bond acceptors (Lipinski definition) is 6. The molecule has 0 spiro atoms. The van der Waals surface area contributed by atoms with Gasteiger partial charge in [-0.05, 0) is 17.9 Å². The van der Waals surface area contributed by atoms with Crippen molar-refractivity contribution < 1.29 is 4.79 Å². The standard InChI is InChI=1S/C14H19N5OS/c1-4-10(11-7-6-8-21-11)16-14-18-12(5-2)17-13(19-14)15-9(3)20/h6-8,10H,4-5H2,1-3H3,(H2,15,16,17,18,19,20). The molecule has 0 aromatic carbocycles. The molecule has 0 aliphatic carbocycles. The molecule has 6 nitrogen and oxygen atoms in total. The zero-order valence-corrected chi connectivity index (χ0v) is 13.2. The molecule has 2 aromatic rings. The predicted octanol–water partition coefficient (Wildman–Crippen LogP) is 3.02. The maximum atomic E-state index is 11.2. The zero-order valence-electron chi connectivity index (χ0n) is 12.4. The molecule has 112 valence electrons. The van der Waals surface area contributed by atoms with Gasteiger partial charge in [0.15, 0.2) is 0 Å². The number of anilines is 2. The number of amides is 1. The van der Waals surface area contributed by atoms with Crippen molar-refractivity contribution >= 4 is 29.1 Å². The van der Waals surface area contributed by atoms with Crippen LogP contribution in [0.25, 0.3) is 0 Å². The molecule has 7 heteroatoms. The third kappa shape index (κ3) is 4.22. The average Bonchev–Trinajstić information content (AvgIpc) is 2.97. The Morgan fingerprint density at radius 3 is 2.62 bits per heavy atom. The van der Waals surface area contributed by atoms with Gasteiger partial charge in [-0.1, -0.05) is 19.9 Å². The largest absolute Gasteiger partial charge is 0.346 e. The fraction of sp³-hybridized carbons (Fsp3) is 0.429. The monoisotopic (exact) mass is 305 g/mol. The summed E-state index contributed by atoms with van der Waals surface area (Å²) in [6.45, 7) is 5.50.